The topological polar surface area (TPSA) is 46.5 Å². The number of benzene rings is 1. The molecular weight excluding hydrogens is 204 g/mol. The maximum absolute atomic E-state index is 10.4. The number of carboxylic acids is 1. The Balaban J connectivity index is 2.60. The maximum Gasteiger partial charge on any atom is 0.328 e. The van der Waals surface area contributed by atoms with Gasteiger partial charge in [-0.3, -0.25) is 0 Å². The summed E-state index contributed by atoms with van der Waals surface area (Å²) < 4.78 is 5.41. The minimum absolute atomic E-state index is 0.572. The molecule has 1 aromatic rings. The van der Waals surface area contributed by atoms with Crippen LogP contribution in [0.15, 0.2) is 30.3 Å². The Bertz CT molecular complexity index is 369. The highest BCUT2D eigenvalue weighted by Gasteiger charge is 1.94. The fraction of sp³-hybridized carbons (Fsp3) is 0.308. The molecule has 3 nitrogen and oxygen atoms in total. The number of hydrogen-bond donors (Lipinski definition) is 1. The van der Waals surface area contributed by atoms with Gasteiger partial charge in [0.2, 0.25) is 0 Å². The van der Waals surface area contributed by atoms with Crippen molar-refractivity contribution >= 4 is 12.0 Å². The highest BCUT2D eigenvalue weighted by Crippen LogP contribution is 2.08. The number of carbonyl (C=O) groups is 1. The molecule has 3 heteroatoms. The monoisotopic (exact) mass is 220 g/mol. The van der Waals surface area contributed by atoms with Crippen molar-refractivity contribution in [1.82, 2.24) is 0 Å². The van der Waals surface area contributed by atoms with Crippen LogP contribution < -0.4 is 0 Å². The van der Waals surface area contributed by atoms with Gasteiger partial charge in [0.15, 0.2) is 0 Å². The van der Waals surface area contributed by atoms with Crippen molar-refractivity contribution in [2.24, 2.45) is 0 Å². The van der Waals surface area contributed by atoms with Crippen molar-refractivity contribution in [2.75, 3.05) is 6.61 Å². The Morgan fingerprint density at radius 3 is 3.00 bits per heavy atom. The Morgan fingerprint density at radius 1 is 1.50 bits per heavy atom. The lowest BCUT2D eigenvalue weighted by Gasteiger charge is -2.03. The second-order valence-corrected chi connectivity index (χ2v) is 3.47. The molecule has 0 aliphatic rings. The second kappa shape index (κ2) is 6.80. The van der Waals surface area contributed by atoms with E-state index in [0.29, 0.717) is 6.61 Å². The van der Waals surface area contributed by atoms with Gasteiger partial charge in [-0.25, -0.2) is 4.79 Å². The molecule has 0 fully saturated rings. The smallest absolute Gasteiger partial charge is 0.328 e. The maximum atomic E-state index is 10.4. The number of aliphatic carboxylic acids is 1. The molecular formula is C13H16O3. The lowest BCUT2D eigenvalue weighted by atomic mass is 10.1. The van der Waals surface area contributed by atoms with Gasteiger partial charge >= 0.3 is 5.97 Å². The van der Waals surface area contributed by atoms with E-state index in [0.717, 1.165) is 30.2 Å². The predicted octanol–water partition coefficient (Wildman–Crippen LogP) is 2.71. The number of ether oxygens (including phenoxy) is 1. The van der Waals surface area contributed by atoms with E-state index < -0.39 is 5.97 Å². The Hall–Kier alpha value is -1.61. The third-order valence-electron chi connectivity index (χ3n) is 1.99. The molecule has 0 radical (unpaired) electrons. The first-order valence-corrected chi connectivity index (χ1v) is 5.30. The first-order chi connectivity index (χ1) is 7.72. The molecule has 0 heterocycles. The summed E-state index contributed by atoms with van der Waals surface area (Å²) in [6.07, 6.45) is 3.70. The molecule has 0 saturated heterocycles. The summed E-state index contributed by atoms with van der Waals surface area (Å²) in [7, 11) is 0. The molecule has 1 N–H and O–H groups in total. The summed E-state index contributed by atoms with van der Waals surface area (Å²) in [5, 5.41) is 8.51. The highest BCUT2D eigenvalue weighted by atomic mass is 16.5. The second-order valence-electron chi connectivity index (χ2n) is 3.47. The quantitative estimate of drug-likeness (QED) is 0.592. The summed E-state index contributed by atoms with van der Waals surface area (Å²) in [6.45, 7) is 3.38. The normalized spacial score (nSPS) is 10.8. The van der Waals surface area contributed by atoms with Gasteiger partial charge in [0.1, 0.15) is 0 Å². The van der Waals surface area contributed by atoms with E-state index in [1.807, 2.05) is 24.3 Å². The van der Waals surface area contributed by atoms with Crippen LogP contribution in [-0.4, -0.2) is 17.7 Å². The van der Waals surface area contributed by atoms with E-state index in [-0.39, 0.29) is 0 Å². The van der Waals surface area contributed by atoms with Crippen molar-refractivity contribution < 1.29 is 14.6 Å². The zero-order valence-electron chi connectivity index (χ0n) is 9.35. The van der Waals surface area contributed by atoms with Crippen molar-refractivity contribution in [1.29, 1.82) is 0 Å². The summed E-state index contributed by atoms with van der Waals surface area (Å²) in [6, 6.07) is 7.65. The largest absolute Gasteiger partial charge is 0.478 e. The molecule has 86 valence electrons. The molecule has 0 amide bonds. The van der Waals surface area contributed by atoms with E-state index >= 15 is 0 Å². The van der Waals surface area contributed by atoms with Crippen molar-refractivity contribution in [3.05, 3.63) is 41.5 Å². The van der Waals surface area contributed by atoms with Gasteiger partial charge in [-0.05, 0) is 29.7 Å². The Morgan fingerprint density at radius 2 is 2.31 bits per heavy atom. The Labute approximate surface area is 95.4 Å². The van der Waals surface area contributed by atoms with E-state index in [1.54, 1.807) is 6.08 Å². The zero-order valence-corrected chi connectivity index (χ0v) is 9.35. The first-order valence-electron chi connectivity index (χ1n) is 5.30. The average Bonchev–Trinajstić information content (AvgIpc) is 2.27. The Kier molecular flexibility index (Phi) is 5.29. The summed E-state index contributed by atoms with van der Waals surface area (Å²) in [5.74, 6) is -0.937. The molecule has 1 rings (SSSR count). The van der Waals surface area contributed by atoms with Crippen LogP contribution in [0.3, 0.4) is 0 Å². The first kappa shape index (κ1) is 12.5. The number of carboxylic acid groups (broad SMARTS) is 1. The van der Waals surface area contributed by atoms with Crippen molar-refractivity contribution in [2.45, 2.75) is 20.0 Å². The highest BCUT2D eigenvalue weighted by molar-refractivity contribution is 5.85. The molecule has 0 atom stereocenters. The third-order valence-corrected chi connectivity index (χ3v) is 1.99. The standard InChI is InChI=1S/C13H16O3/c1-2-8-16-10-12-5-3-4-11(9-12)6-7-13(14)15/h3-7,9H,2,8,10H2,1H3,(H,14,15)/b7-6+. The lowest BCUT2D eigenvalue weighted by Crippen LogP contribution is -1.94. The van der Waals surface area contributed by atoms with Gasteiger partial charge in [-0.15, -0.1) is 0 Å². The van der Waals surface area contributed by atoms with Crippen LogP contribution >= 0.6 is 0 Å². The van der Waals surface area contributed by atoms with Crippen molar-refractivity contribution in [3.63, 3.8) is 0 Å². The summed E-state index contributed by atoms with van der Waals surface area (Å²) >= 11 is 0. The third kappa shape index (κ3) is 4.75. The van der Waals surface area contributed by atoms with Crippen LogP contribution in [0.4, 0.5) is 0 Å². The molecule has 0 unspecified atom stereocenters. The van der Waals surface area contributed by atoms with Gasteiger partial charge in [0.05, 0.1) is 6.61 Å². The zero-order chi connectivity index (χ0) is 11.8. The lowest BCUT2D eigenvalue weighted by molar-refractivity contribution is -0.131. The van der Waals surface area contributed by atoms with Crippen LogP contribution in [0.1, 0.15) is 24.5 Å². The van der Waals surface area contributed by atoms with Crippen LogP contribution in [0, 0.1) is 0 Å². The minimum atomic E-state index is -0.937. The SMILES string of the molecule is CCCOCc1cccc(/C=C/C(=O)O)c1. The van der Waals surface area contributed by atoms with E-state index in [2.05, 4.69) is 6.92 Å². The minimum Gasteiger partial charge on any atom is -0.478 e. The average molecular weight is 220 g/mol. The van der Waals surface area contributed by atoms with E-state index in [9.17, 15) is 4.79 Å². The number of hydrogen-bond acceptors (Lipinski definition) is 2. The molecule has 0 bridgehead atoms. The number of rotatable bonds is 6. The van der Waals surface area contributed by atoms with Crippen LogP contribution in [0.2, 0.25) is 0 Å². The van der Waals surface area contributed by atoms with Crippen LogP contribution in [-0.2, 0) is 16.1 Å². The summed E-state index contributed by atoms with van der Waals surface area (Å²) in [5.41, 5.74) is 1.93. The molecule has 0 spiro atoms. The summed E-state index contributed by atoms with van der Waals surface area (Å²) in [4.78, 5) is 10.4. The molecule has 0 aliphatic carbocycles. The van der Waals surface area contributed by atoms with Crippen molar-refractivity contribution in [3.8, 4) is 0 Å². The fourth-order valence-electron chi connectivity index (χ4n) is 1.29. The van der Waals surface area contributed by atoms with Crippen LogP contribution in [0.25, 0.3) is 6.08 Å². The molecule has 0 aliphatic heterocycles. The van der Waals surface area contributed by atoms with Gasteiger partial charge in [-0.1, -0.05) is 25.1 Å². The van der Waals surface area contributed by atoms with Crippen LogP contribution in [0.5, 0.6) is 0 Å². The van der Waals surface area contributed by atoms with Gasteiger partial charge in [0, 0.05) is 12.7 Å². The van der Waals surface area contributed by atoms with Gasteiger partial charge in [0.25, 0.3) is 0 Å². The van der Waals surface area contributed by atoms with Gasteiger partial charge < -0.3 is 9.84 Å². The van der Waals surface area contributed by atoms with E-state index in [4.69, 9.17) is 9.84 Å². The molecule has 0 saturated carbocycles. The van der Waals surface area contributed by atoms with E-state index in [1.165, 1.54) is 0 Å². The molecule has 1 aromatic carbocycles. The molecule has 0 aromatic heterocycles. The fourth-order valence-corrected chi connectivity index (χ4v) is 1.29. The van der Waals surface area contributed by atoms with Gasteiger partial charge in [-0.2, -0.15) is 0 Å². The predicted molar refractivity (Wildman–Crippen MR) is 63.1 cm³/mol. The molecule has 16 heavy (non-hydrogen) atoms.